The number of aliphatic hydroxyl groups excluding tert-OH is 2. The number of aromatic nitrogens is 2. The van der Waals surface area contributed by atoms with E-state index in [1.165, 1.54) is 12.7 Å². The number of benzene rings is 1. The number of nitrogens with zero attached hydrogens (tertiary/aromatic N) is 1. The Labute approximate surface area is 261 Å². The van der Waals surface area contributed by atoms with Gasteiger partial charge in [-0.05, 0) is 63.9 Å². The molecule has 0 saturated heterocycles. The minimum Gasteiger partial charge on any atom is -0.390 e. The summed E-state index contributed by atoms with van der Waals surface area (Å²) < 4.78 is 25.4. The molecule has 2 aliphatic carbocycles. The molecule has 4 rings (SSSR count). The third kappa shape index (κ3) is 9.62. The minimum atomic E-state index is -3.67. The number of hydrogen-bond acceptors (Lipinski definition) is 7. The first-order valence-electron chi connectivity index (χ1n) is 16.0. The zero-order valence-electron chi connectivity index (χ0n) is 26.2. The number of carbonyl (C=O) groups is 2. The summed E-state index contributed by atoms with van der Waals surface area (Å²) in [6.45, 7) is 4.84. The van der Waals surface area contributed by atoms with Crippen molar-refractivity contribution in [3.05, 3.63) is 54.1 Å². The molecule has 5 atom stereocenters. The van der Waals surface area contributed by atoms with Crippen LogP contribution in [-0.4, -0.2) is 75.2 Å². The third-order valence-corrected chi connectivity index (χ3v) is 11.9. The first-order valence-corrected chi connectivity index (χ1v) is 17.7. The first kappa shape index (κ1) is 34.1. The topological polar surface area (TPSA) is 161 Å². The normalized spacial score (nSPS) is 19.8. The Bertz CT molecular complexity index is 1300. The number of aromatic amines is 1. The molecule has 5 N–H and O–H groups in total. The summed E-state index contributed by atoms with van der Waals surface area (Å²) in [6.07, 6.45) is 8.97. The van der Waals surface area contributed by atoms with E-state index in [0.29, 0.717) is 18.0 Å². The standard InChI is InChI=1S/C33H50N4O6S/c1-33(2,3)44(42,43)20-25(16-22-10-6-4-7-11-22)31(40)37-28(18-26-19-34-21-35-26)32(41)36-27(17-23-12-8-5-9-13-23)30(39)29(38)24-14-15-24/h4,6-7,10-11,19,21,23-25,27-30,38-39H,5,8-9,12-18,20H2,1-3H3,(H,34,35)(H,36,41)(H,37,40). The molecule has 244 valence electrons. The second-order valence-corrected chi connectivity index (χ2v) is 16.6. The highest BCUT2D eigenvalue weighted by atomic mass is 32.2. The quantitative estimate of drug-likeness (QED) is 0.202. The fraction of sp³-hybridized carbons (Fsp3) is 0.667. The lowest BCUT2D eigenvalue weighted by molar-refractivity contribution is -0.132. The Hall–Kier alpha value is -2.76. The molecule has 5 unspecified atom stereocenters. The van der Waals surface area contributed by atoms with Crippen LogP contribution in [0.4, 0.5) is 0 Å². The molecular formula is C33H50N4O6S. The zero-order valence-corrected chi connectivity index (χ0v) is 27.1. The molecule has 2 aliphatic rings. The number of amides is 2. The Balaban J connectivity index is 1.56. The average molecular weight is 631 g/mol. The predicted molar refractivity (Wildman–Crippen MR) is 169 cm³/mol. The van der Waals surface area contributed by atoms with Gasteiger partial charge in [-0.15, -0.1) is 0 Å². The van der Waals surface area contributed by atoms with Crippen LogP contribution in [0.15, 0.2) is 42.9 Å². The van der Waals surface area contributed by atoms with E-state index in [4.69, 9.17) is 0 Å². The van der Waals surface area contributed by atoms with Crippen LogP contribution in [0, 0.1) is 17.8 Å². The van der Waals surface area contributed by atoms with Gasteiger partial charge in [0.1, 0.15) is 12.1 Å². The fourth-order valence-electron chi connectivity index (χ4n) is 6.05. The van der Waals surface area contributed by atoms with Crippen molar-refractivity contribution in [2.45, 2.75) is 114 Å². The lowest BCUT2D eigenvalue weighted by atomic mass is 9.82. The monoisotopic (exact) mass is 630 g/mol. The summed E-state index contributed by atoms with van der Waals surface area (Å²) in [5, 5.41) is 27.8. The summed E-state index contributed by atoms with van der Waals surface area (Å²) in [6, 6.07) is 7.48. The average Bonchev–Trinajstić information content (AvgIpc) is 3.71. The lowest BCUT2D eigenvalue weighted by Gasteiger charge is -2.33. The Morgan fingerprint density at radius 3 is 2.25 bits per heavy atom. The number of carbonyl (C=O) groups excluding carboxylic acids is 2. The maximum Gasteiger partial charge on any atom is 0.243 e. The molecule has 2 saturated carbocycles. The molecule has 10 nitrogen and oxygen atoms in total. The number of imidazole rings is 1. The number of H-pyrrole nitrogens is 1. The highest BCUT2D eigenvalue weighted by Crippen LogP contribution is 2.36. The second-order valence-electron chi connectivity index (χ2n) is 13.8. The predicted octanol–water partition coefficient (Wildman–Crippen LogP) is 3.10. The van der Waals surface area contributed by atoms with Gasteiger partial charge in [0.05, 0.1) is 40.6 Å². The molecular weight excluding hydrogens is 580 g/mol. The SMILES string of the molecule is CC(C)(C)S(=O)(=O)CC(Cc1ccccc1)C(=O)NC(Cc1c[nH]cn1)C(=O)NC(CC1CCCCC1)C(O)C(O)C1CC1. The van der Waals surface area contributed by atoms with Gasteiger partial charge in [-0.3, -0.25) is 9.59 Å². The summed E-state index contributed by atoms with van der Waals surface area (Å²) in [7, 11) is -3.67. The Morgan fingerprint density at radius 1 is 0.977 bits per heavy atom. The van der Waals surface area contributed by atoms with Crippen LogP contribution in [0.1, 0.15) is 83.4 Å². The number of hydrogen-bond donors (Lipinski definition) is 5. The molecule has 1 aromatic heterocycles. The van der Waals surface area contributed by atoms with Crippen molar-refractivity contribution in [1.82, 2.24) is 20.6 Å². The summed E-state index contributed by atoms with van der Waals surface area (Å²) in [5.74, 6) is -1.99. The van der Waals surface area contributed by atoms with Crippen LogP contribution in [0.3, 0.4) is 0 Å². The third-order valence-electron chi connectivity index (χ3n) is 9.16. The van der Waals surface area contributed by atoms with Crippen LogP contribution >= 0.6 is 0 Å². The molecule has 2 aromatic rings. The van der Waals surface area contributed by atoms with E-state index >= 15 is 0 Å². The number of rotatable bonds is 15. The largest absolute Gasteiger partial charge is 0.390 e. The minimum absolute atomic E-state index is 0.0267. The van der Waals surface area contributed by atoms with E-state index in [0.717, 1.165) is 44.1 Å². The summed E-state index contributed by atoms with van der Waals surface area (Å²) in [4.78, 5) is 34.9. The van der Waals surface area contributed by atoms with Crippen LogP contribution in [0.25, 0.3) is 0 Å². The maximum atomic E-state index is 13.9. The molecule has 1 aromatic carbocycles. The Kier molecular flexibility index (Phi) is 11.6. The fourth-order valence-corrected chi connectivity index (χ4v) is 7.35. The van der Waals surface area contributed by atoms with Gasteiger partial charge in [0.15, 0.2) is 9.84 Å². The van der Waals surface area contributed by atoms with Crippen LogP contribution < -0.4 is 10.6 Å². The van der Waals surface area contributed by atoms with Gasteiger partial charge in [0.2, 0.25) is 11.8 Å². The molecule has 2 fully saturated rings. The van der Waals surface area contributed by atoms with E-state index in [9.17, 15) is 28.2 Å². The van der Waals surface area contributed by atoms with E-state index in [2.05, 4.69) is 20.6 Å². The number of nitrogens with one attached hydrogen (secondary N) is 3. The summed E-state index contributed by atoms with van der Waals surface area (Å²) in [5.41, 5.74) is 1.37. The van der Waals surface area contributed by atoms with Gasteiger partial charge in [-0.2, -0.15) is 0 Å². The number of sulfone groups is 1. The highest BCUT2D eigenvalue weighted by molar-refractivity contribution is 7.92. The molecule has 0 spiro atoms. The maximum absolute atomic E-state index is 13.9. The van der Waals surface area contributed by atoms with Crippen molar-refractivity contribution < 1.29 is 28.2 Å². The lowest BCUT2D eigenvalue weighted by Crippen LogP contribution is -2.57. The summed E-state index contributed by atoms with van der Waals surface area (Å²) >= 11 is 0. The van der Waals surface area contributed by atoms with E-state index in [1.807, 2.05) is 30.3 Å². The van der Waals surface area contributed by atoms with E-state index < -0.39 is 56.6 Å². The molecule has 44 heavy (non-hydrogen) atoms. The van der Waals surface area contributed by atoms with Crippen molar-refractivity contribution in [2.24, 2.45) is 17.8 Å². The van der Waals surface area contributed by atoms with Gasteiger partial charge in [-0.25, -0.2) is 13.4 Å². The van der Waals surface area contributed by atoms with E-state index in [1.54, 1.807) is 27.0 Å². The van der Waals surface area contributed by atoms with E-state index in [-0.39, 0.29) is 24.5 Å². The van der Waals surface area contributed by atoms with Gasteiger partial charge in [0.25, 0.3) is 0 Å². The van der Waals surface area contributed by atoms with Gasteiger partial charge < -0.3 is 25.8 Å². The highest BCUT2D eigenvalue weighted by Gasteiger charge is 2.41. The van der Waals surface area contributed by atoms with Crippen LogP contribution in [0.5, 0.6) is 0 Å². The molecule has 11 heteroatoms. The molecule has 0 bridgehead atoms. The number of aliphatic hydroxyl groups is 2. The Morgan fingerprint density at radius 2 is 1.66 bits per heavy atom. The van der Waals surface area contributed by atoms with Crippen molar-refractivity contribution in [1.29, 1.82) is 0 Å². The van der Waals surface area contributed by atoms with Crippen molar-refractivity contribution >= 4 is 21.7 Å². The van der Waals surface area contributed by atoms with Crippen LogP contribution in [-0.2, 0) is 32.3 Å². The van der Waals surface area contributed by atoms with Gasteiger partial charge in [-0.1, -0.05) is 62.4 Å². The smallest absolute Gasteiger partial charge is 0.243 e. The molecule has 1 heterocycles. The van der Waals surface area contributed by atoms with Gasteiger partial charge in [0, 0.05) is 12.6 Å². The van der Waals surface area contributed by atoms with Crippen molar-refractivity contribution in [3.8, 4) is 0 Å². The van der Waals surface area contributed by atoms with Gasteiger partial charge >= 0.3 is 0 Å². The van der Waals surface area contributed by atoms with Crippen molar-refractivity contribution in [3.63, 3.8) is 0 Å². The van der Waals surface area contributed by atoms with Crippen molar-refractivity contribution in [2.75, 3.05) is 5.75 Å². The molecule has 0 radical (unpaired) electrons. The molecule has 2 amide bonds. The first-order chi connectivity index (χ1) is 20.8. The second kappa shape index (κ2) is 15.0. The molecule has 0 aliphatic heterocycles. The van der Waals surface area contributed by atoms with Crippen LogP contribution in [0.2, 0.25) is 0 Å². The zero-order chi connectivity index (χ0) is 31.9.